The lowest BCUT2D eigenvalue weighted by Crippen LogP contribution is -2.31. The van der Waals surface area contributed by atoms with E-state index in [0.717, 1.165) is 41.8 Å². The van der Waals surface area contributed by atoms with Gasteiger partial charge in [0.25, 0.3) is 0 Å². The maximum absolute atomic E-state index is 12.4. The molecular weight excluding hydrogens is 344 g/mol. The van der Waals surface area contributed by atoms with Crippen LogP contribution in [0, 0.1) is 0 Å². The number of ether oxygens (including phenoxy) is 1. The second-order valence-corrected chi connectivity index (χ2v) is 6.22. The minimum absolute atomic E-state index is 0.235. The van der Waals surface area contributed by atoms with Gasteiger partial charge in [-0.1, -0.05) is 19.8 Å². The molecule has 27 heavy (non-hydrogen) atoms. The summed E-state index contributed by atoms with van der Waals surface area (Å²) < 4.78 is 5.24. The largest absolute Gasteiger partial charge is 0.464 e. The van der Waals surface area contributed by atoms with Crippen molar-refractivity contribution in [2.45, 2.75) is 45.6 Å². The van der Waals surface area contributed by atoms with E-state index in [4.69, 9.17) is 4.74 Å². The molecular formula is C20H28N4O3. The normalized spacial score (nSPS) is 11.7. The fraction of sp³-hybridized carbons (Fsp3) is 0.450. The fourth-order valence-electron chi connectivity index (χ4n) is 2.82. The number of hydrogen-bond donors (Lipinski definition) is 3. The first kappa shape index (κ1) is 20.5. The molecule has 0 bridgehead atoms. The number of anilines is 2. The van der Waals surface area contributed by atoms with E-state index in [9.17, 15) is 9.59 Å². The van der Waals surface area contributed by atoms with E-state index in [1.165, 1.54) is 0 Å². The number of nitrogens with one attached hydrogen (secondary N) is 3. The van der Waals surface area contributed by atoms with Crippen LogP contribution in [0.25, 0.3) is 11.3 Å². The van der Waals surface area contributed by atoms with E-state index in [-0.39, 0.29) is 12.4 Å². The number of hydrogen-bond acceptors (Lipinski definition) is 6. The summed E-state index contributed by atoms with van der Waals surface area (Å²) in [5.74, 6) is 0.356. The zero-order valence-corrected chi connectivity index (χ0v) is 16.2. The predicted molar refractivity (Wildman–Crippen MR) is 107 cm³/mol. The Bertz CT molecular complexity index is 757. The average molecular weight is 372 g/mol. The van der Waals surface area contributed by atoms with Gasteiger partial charge in [-0.15, -0.1) is 0 Å². The van der Waals surface area contributed by atoms with Gasteiger partial charge in [0.05, 0.1) is 24.9 Å². The molecule has 0 aliphatic heterocycles. The second-order valence-electron chi connectivity index (χ2n) is 6.22. The Hall–Kier alpha value is -2.83. The highest BCUT2D eigenvalue weighted by molar-refractivity contribution is 5.84. The van der Waals surface area contributed by atoms with Gasteiger partial charge in [0, 0.05) is 24.0 Å². The van der Waals surface area contributed by atoms with Gasteiger partial charge in [-0.25, -0.2) is 9.78 Å². The first-order valence-electron chi connectivity index (χ1n) is 9.35. The Labute approximate surface area is 159 Å². The smallest absolute Gasteiger partial charge is 0.328 e. The Morgan fingerprint density at radius 3 is 2.85 bits per heavy atom. The number of carbonyl (C=O) groups excluding carboxylic acids is 2. The summed E-state index contributed by atoms with van der Waals surface area (Å²) in [5.41, 5.74) is 3.39. The summed E-state index contributed by atoms with van der Waals surface area (Å²) in [7, 11) is 1.84. The Balaban J connectivity index is 2.35. The van der Waals surface area contributed by atoms with Gasteiger partial charge in [0.1, 0.15) is 18.2 Å². The van der Waals surface area contributed by atoms with Gasteiger partial charge in [-0.3, -0.25) is 0 Å². The Morgan fingerprint density at radius 2 is 2.19 bits per heavy atom. The van der Waals surface area contributed by atoms with Crippen LogP contribution in [0.4, 0.5) is 11.4 Å². The molecule has 7 nitrogen and oxygen atoms in total. The molecule has 0 saturated heterocycles. The molecule has 1 atom stereocenters. The molecule has 3 N–H and O–H groups in total. The number of aldehydes is 1. The summed E-state index contributed by atoms with van der Waals surface area (Å²) in [5, 5.41) is 6.46. The number of imidazole rings is 1. The van der Waals surface area contributed by atoms with E-state index in [2.05, 4.69) is 27.5 Å². The van der Waals surface area contributed by atoms with Crippen molar-refractivity contribution in [1.82, 2.24) is 9.97 Å². The molecule has 2 aromatic rings. The summed E-state index contributed by atoms with van der Waals surface area (Å²) in [6.07, 6.45) is 5.36. The lowest BCUT2D eigenvalue weighted by molar-refractivity contribution is -0.144. The highest BCUT2D eigenvalue weighted by Gasteiger charge is 2.21. The van der Waals surface area contributed by atoms with Crippen LogP contribution in [0.2, 0.25) is 0 Å². The number of aromatic amines is 1. The molecule has 0 aliphatic carbocycles. The summed E-state index contributed by atoms with van der Waals surface area (Å²) in [4.78, 5) is 30.5. The van der Waals surface area contributed by atoms with E-state index in [1.807, 2.05) is 25.2 Å². The monoisotopic (exact) mass is 372 g/mol. The van der Waals surface area contributed by atoms with Crippen molar-refractivity contribution in [1.29, 1.82) is 0 Å². The van der Waals surface area contributed by atoms with Gasteiger partial charge in [0.15, 0.2) is 0 Å². The third kappa shape index (κ3) is 5.57. The minimum Gasteiger partial charge on any atom is -0.464 e. The van der Waals surface area contributed by atoms with Crippen LogP contribution in [0.15, 0.2) is 24.4 Å². The van der Waals surface area contributed by atoms with Crippen LogP contribution in [-0.4, -0.2) is 41.9 Å². The zero-order chi connectivity index (χ0) is 19.6. The van der Waals surface area contributed by atoms with Crippen molar-refractivity contribution in [3.05, 3.63) is 30.2 Å². The molecule has 1 unspecified atom stereocenters. The molecule has 1 heterocycles. The number of unbranched alkanes of at least 4 members (excludes halogenated alkanes) is 1. The third-order valence-corrected chi connectivity index (χ3v) is 4.25. The van der Waals surface area contributed by atoms with E-state index in [1.54, 1.807) is 13.1 Å². The van der Waals surface area contributed by atoms with Crippen LogP contribution >= 0.6 is 0 Å². The Morgan fingerprint density at radius 1 is 1.37 bits per heavy atom. The molecule has 146 valence electrons. The van der Waals surface area contributed by atoms with Crippen molar-refractivity contribution < 1.29 is 14.3 Å². The van der Waals surface area contributed by atoms with Gasteiger partial charge in [-0.2, -0.15) is 0 Å². The van der Waals surface area contributed by atoms with E-state index in [0.29, 0.717) is 18.9 Å². The van der Waals surface area contributed by atoms with E-state index < -0.39 is 6.04 Å². The number of carbonyl (C=O) groups is 2. The molecule has 0 saturated carbocycles. The number of H-pyrrole nitrogens is 1. The van der Waals surface area contributed by atoms with Gasteiger partial charge >= 0.3 is 5.97 Å². The maximum atomic E-state index is 12.4. The van der Waals surface area contributed by atoms with Crippen LogP contribution in [-0.2, 0) is 20.7 Å². The molecule has 0 spiro atoms. The zero-order valence-electron chi connectivity index (χ0n) is 16.2. The van der Waals surface area contributed by atoms with Gasteiger partial charge in [-0.05, 0) is 31.5 Å². The summed E-state index contributed by atoms with van der Waals surface area (Å²) >= 11 is 0. The second kappa shape index (κ2) is 10.4. The quantitative estimate of drug-likeness (QED) is 0.413. The van der Waals surface area contributed by atoms with Crippen molar-refractivity contribution in [3.63, 3.8) is 0 Å². The predicted octanol–water partition coefficient (Wildman–Crippen LogP) is 3.39. The molecule has 0 radical (unpaired) electrons. The lowest BCUT2D eigenvalue weighted by Gasteiger charge is -2.21. The molecule has 0 amide bonds. The highest BCUT2D eigenvalue weighted by Crippen LogP contribution is 2.31. The molecule has 0 aliphatic rings. The average Bonchev–Trinajstić information content (AvgIpc) is 3.13. The van der Waals surface area contributed by atoms with Gasteiger partial charge in [0.2, 0.25) is 0 Å². The molecule has 1 aromatic heterocycles. The summed E-state index contributed by atoms with van der Waals surface area (Å²) in [6.45, 7) is 4.25. The number of rotatable bonds is 11. The molecule has 7 heteroatoms. The van der Waals surface area contributed by atoms with Crippen molar-refractivity contribution in [2.24, 2.45) is 0 Å². The van der Waals surface area contributed by atoms with Crippen molar-refractivity contribution in [3.8, 4) is 11.3 Å². The fourth-order valence-corrected chi connectivity index (χ4v) is 2.82. The molecule has 1 aromatic carbocycles. The standard InChI is InChI=1S/C20H28N4O3/c1-4-6-7-16(20(26)27-5-2)23-17-12-14(21-3)8-9-15(17)18-13-22-19(24-18)10-11-25/h8-9,11-13,16,21,23H,4-7,10H2,1-3H3,(H,22,24). The molecule has 0 fully saturated rings. The molecule has 2 rings (SSSR count). The summed E-state index contributed by atoms with van der Waals surface area (Å²) in [6, 6.07) is 5.43. The third-order valence-electron chi connectivity index (χ3n) is 4.25. The van der Waals surface area contributed by atoms with Crippen molar-refractivity contribution in [2.75, 3.05) is 24.3 Å². The highest BCUT2D eigenvalue weighted by atomic mass is 16.5. The first-order valence-corrected chi connectivity index (χ1v) is 9.35. The van der Waals surface area contributed by atoms with Crippen LogP contribution in [0.3, 0.4) is 0 Å². The van der Waals surface area contributed by atoms with Gasteiger partial charge < -0.3 is 25.1 Å². The number of nitrogens with zero attached hydrogens (tertiary/aromatic N) is 1. The minimum atomic E-state index is -0.423. The lowest BCUT2D eigenvalue weighted by atomic mass is 10.1. The number of benzene rings is 1. The SMILES string of the molecule is CCCCC(Nc1cc(NC)ccc1-c1cnc(CC=O)[nH]1)C(=O)OCC. The van der Waals surface area contributed by atoms with Crippen LogP contribution in [0.1, 0.15) is 38.9 Å². The number of esters is 1. The number of aromatic nitrogens is 2. The van der Waals surface area contributed by atoms with E-state index >= 15 is 0 Å². The first-order chi connectivity index (χ1) is 13.1. The van der Waals surface area contributed by atoms with Crippen LogP contribution < -0.4 is 10.6 Å². The maximum Gasteiger partial charge on any atom is 0.328 e. The van der Waals surface area contributed by atoms with Crippen molar-refractivity contribution >= 4 is 23.6 Å². The van der Waals surface area contributed by atoms with Crippen LogP contribution in [0.5, 0.6) is 0 Å². The Kier molecular flexibility index (Phi) is 7.85. The topological polar surface area (TPSA) is 96.1 Å².